The number of primary amides is 1. The highest BCUT2D eigenvalue weighted by Crippen LogP contribution is 2.14. The molecule has 0 unspecified atom stereocenters. The van der Waals surface area contributed by atoms with Crippen molar-refractivity contribution in [2.75, 3.05) is 11.9 Å². The maximum atomic E-state index is 12.7. The van der Waals surface area contributed by atoms with Crippen LogP contribution in [0.3, 0.4) is 0 Å². The minimum Gasteiger partial charge on any atom is -0.484 e. The normalized spacial score (nSPS) is 10.1. The molecule has 2 aromatic carbocycles. The fourth-order valence-electron chi connectivity index (χ4n) is 1.63. The Labute approximate surface area is 116 Å². The van der Waals surface area contributed by atoms with Crippen molar-refractivity contribution < 1.29 is 13.9 Å². The summed E-state index contributed by atoms with van der Waals surface area (Å²) in [7, 11) is 0. The van der Waals surface area contributed by atoms with Crippen LogP contribution in [-0.4, -0.2) is 12.5 Å². The molecule has 20 heavy (non-hydrogen) atoms. The Morgan fingerprint density at radius 2 is 1.75 bits per heavy atom. The van der Waals surface area contributed by atoms with Crippen molar-refractivity contribution in [2.45, 2.75) is 6.54 Å². The van der Waals surface area contributed by atoms with Gasteiger partial charge in [-0.05, 0) is 42.0 Å². The van der Waals surface area contributed by atoms with E-state index in [1.807, 2.05) is 12.1 Å². The molecule has 0 spiro atoms. The number of hydrogen-bond donors (Lipinski definition) is 2. The second-order valence-electron chi connectivity index (χ2n) is 4.26. The number of amides is 1. The van der Waals surface area contributed by atoms with E-state index in [0.717, 1.165) is 11.3 Å². The van der Waals surface area contributed by atoms with E-state index in [1.54, 1.807) is 24.3 Å². The van der Waals surface area contributed by atoms with Crippen molar-refractivity contribution in [3.8, 4) is 5.75 Å². The van der Waals surface area contributed by atoms with Crippen LogP contribution in [0.5, 0.6) is 5.75 Å². The molecule has 0 saturated carbocycles. The predicted octanol–water partition coefficient (Wildman–Crippen LogP) is 2.30. The fourth-order valence-corrected chi connectivity index (χ4v) is 1.63. The molecule has 0 aliphatic carbocycles. The largest absolute Gasteiger partial charge is 0.484 e. The van der Waals surface area contributed by atoms with Gasteiger partial charge in [-0.2, -0.15) is 0 Å². The Morgan fingerprint density at radius 3 is 2.35 bits per heavy atom. The third-order valence-electron chi connectivity index (χ3n) is 2.65. The van der Waals surface area contributed by atoms with Gasteiger partial charge in [-0.25, -0.2) is 4.39 Å². The topological polar surface area (TPSA) is 64.4 Å². The van der Waals surface area contributed by atoms with Crippen LogP contribution < -0.4 is 15.8 Å². The summed E-state index contributed by atoms with van der Waals surface area (Å²) in [5.41, 5.74) is 6.88. The number of nitrogens with two attached hydrogens (primary N) is 1. The Morgan fingerprint density at radius 1 is 1.10 bits per heavy atom. The van der Waals surface area contributed by atoms with Gasteiger partial charge < -0.3 is 15.8 Å². The number of halogens is 1. The maximum Gasteiger partial charge on any atom is 0.255 e. The monoisotopic (exact) mass is 274 g/mol. The third-order valence-corrected chi connectivity index (χ3v) is 2.65. The molecule has 0 saturated heterocycles. The summed E-state index contributed by atoms with van der Waals surface area (Å²) in [5.74, 6) is -0.173. The van der Waals surface area contributed by atoms with E-state index >= 15 is 0 Å². The van der Waals surface area contributed by atoms with E-state index < -0.39 is 5.91 Å². The van der Waals surface area contributed by atoms with Crippen LogP contribution in [0.1, 0.15) is 5.56 Å². The second-order valence-corrected chi connectivity index (χ2v) is 4.26. The first kappa shape index (κ1) is 13.9. The van der Waals surface area contributed by atoms with Gasteiger partial charge >= 0.3 is 0 Å². The van der Waals surface area contributed by atoms with Crippen LogP contribution in [0.15, 0.2) is 48.5 Å². The van der Waals surface area contributed by atoms with Crippen molar-refractivity contribution in [1.82, 2.24) is 0 Å². The molecule has 104 valence electrons. The van der Waals surface area contributed by atoms with Gasteiger partial charge in [-0.15, -0.1) is 0 Å². The van der Waals surface area contributed by atoms with Crippen molar-refractivity contribution in [3.63, 3.8) is 0 Å². The lowest BCUT2D eigenvalue weighted by Crippen LogP contribution is -2.19. The Bertz CT molecular complexity index is 567. The first-order chi connectivity index (χ1) is 9.63. The number of anilines is 1. The Balaban J connectivity index is 1.87. The lowest BCUT2D eigenvalue weighted by molar-refractivity contribution is -0.119. The van der Waals surface area contributed by atoms with Crippen LogP contribution in [0.4, 0.5) is 10.1 Å². The zero-order chi connectivity index (χ0) is 14.4. The summed E-state index contributed by atoms with van der Waals surface area (Å²) in [6.07, 6.45) is 0. The number of hydrogen-bond acceptors (Lipinski definition) is 3. The van der Waals surface area contributed by atoms with Crippen LogP contribution in [0.25, 0.3) is 0 Å². The van der Waals surface area contributed by atoms with Crippen LogP contribution >= 0.6 is 0 Å². The van der Waals surface area contributed by atoms with Gasteiger partial charge in [0, 0.05) is 12.2 Å². The maximum absolute atomic E-state index is 12.7. The molecule has 5 heteroatoms. The molecule has 0 heterocycles. The lowest BCUT2D eigenvalue weighted by atomic mass is 10.2. The highest BCUT2D eigenvalue weighted by molar-refractivity contribution is 5.75. The van der Waals surface area contributed by atoms with Crippen molar-refractivity contribution >= 4 is 11.6 Å². The Hall–Kier alpha value is -2.56. The second kappa shape index (κ2) is 6.56. The number of rotatable bonds is 6. The van der Waals surface area contributed by atoms with Crippen LogP contribution in [0.2, 0.25) is 0 Å². The van der Waals surface area contributed by atoms with Gasteiger partial charge in [0.15, 0.2) is 6.61 Å². The van der Waals surface area contributed by atoms with Crippen LogP contribution in [-0.2, 0) is 11.3 Å². The highest BCUT2D eigenvalue weighted by Gasteiger charge is 1.99. The average Bonchev–Trinajstić information content (AvgIpc) is 2.45. The van der Waals surface area contributed by atoms with E-state index in [0.29, 0.717) is 12.3 Å². The van der Waals surface area contributed by atoms with Gasteiger partial charge in [0.1, 0.15) is 11.6 Å². The van der Waals surface area contributed by atoms with Crippen LogP contribution in [0, 0.1) is 5.82 Å². The van der Waals surface area contributed by atoms with Crippen molar-refractivity contribution in [1.29, 1.82) is 0 Å². The number of carbonyl (C=O) groups excluding carboxylic acids is 1. The standard InChI is InChI=1S/C15H15FN2O2/c16-12-3-5-13(6-4-12)18-9-11-1-7-14(8-2-11)20-10-15(17)19/h1-8,18H,9-10H2,(H2,17,19). The summed E-state index contributed by atoms with van der Waals surface area (Å²) in [6.45, 7) is 0.481. The van der Waals surface area contributed by atoms with Gasteiger partial charge in [0.05, 0.1) is 0 Å². The number of benzene rings is 2. The van der Waals surface area contributed by atoms with E-state index in [1.165, 1.54) is 12.1 Å². The highest BCUT2D eigenvalue weighted by atomic mass is 19.1. The lowest BCUT2D eigenvalue weighted by Gasteiger charge is -2.08. The SMILES string of the molecule is NC(=O)COc1ccc(CNc2ccc(F)cc2)cc1. The van der Waals surface area contributed by atoms with E-state index in [-0.39, 0.29) is 12.4 Å². The molecular formula is C15H15FN2O2. The van der Waals surface area contributed by atoms with Gasteiger partial charge in [0.2, 0.25) is 0 Å². The average molecular weight is 274 g/mol. The molecule has 0 bridgehead atoms. The molecular weight excluding hydrogens is 259 g/mol. The number of carbonyl (C=O) groups is 1. The molecule has 3 N–H and O–H groups in total. The Kier molecular flexibility index (Phi) is 4.55. The van der Waals surface area contributed by atoms with Crippen molar-refractivity contribution in [3.05, 3.63) is 59.9 Å². The number of nitrogens with one attached hydrogen (secondary N) is 1. The van der Waals surface area contributed by atoms with Gasteiger partial charge in [-0.3, -0.25) is 4.79 Å². The van der Waals surface area contributed by atoms with Gasteiger partial charge in [-0.1, -0.05) is 12.1 Å². The van der Waals surface area contributed by atoms with E-state index in [2.05, 4.69) is 5.32 Å². The summed E-state index contributed by atoms with van der Waals surface area (Å²) >= 11 is 0. The zero-order valence-corrected chi connectivity index (χ0v) is 10.8. The fraction of sp³-hybridized carbons (Fsp3) is 0.133. The third kappa shape index (κ3) is 4.28. The molecule has 0 aliphatic rings. The van der Waals surface area contributed by atoms with Crippen molar-refractivity contribution in [2.24, 2.45) is 5.73 Å². The molecule has 0 aliphatic heterocycles. The predicted molar refractivity (Wildman–Crippen MR) is 74.9 cm³/mol. The molecule has 4 nitrogen and oxygen atoms in total. The molecule has 0 fully saturated rings. The van der Waals surface area contributed by atoms with Gasteiger partial charge in [0.25, 0.3) is 5.91 Å². The molecule has 2 aromatic rings. The zero-order valence-electron chi connectivity index (χ0n) is 10.8. The summed E-state index contributed by atoms with van der Waals surface area (Å²) in [6, 6.07) is 13.5. The first-order valence-corrected chi connectivity index (χ1v) is 6.13. The molecule has 0 aromatic heterocycles. The summed E-state index contributed by atoms with van der Waals surface area (Å²) in [5, 5.41) is 3.18. The quantitative estimate of drug-likeness (QED) is 0.849. The smallest absolute Gasteiger partial charge is 0.255 e. The summed E-state index contributed by atoms with van der Waals surface area (Å²) in [4.78, 5) is 10.6. The summed E-state index contributed by atoms with van der Waals surface area (Å²) < 4.78 is 17.9. The minimum absolute atomic E-state index is 0.132. The van der Waals surface area contributed by atoms with E-state index in [4.69, 9.17) is 10.5 Å². The first-order valence-electron chi connectivity index (χ1n) is 6.13. The molecule has 1 amide bonds. The minimum atomic E-state index is -0.507. The molecule has 0 atom stereocenters. The number of ether oxygens (including phenoxy) is 1. The molecule has 2 rings (SSSR count). The molecule has 0 radical (unpaired) electrons. The van der Waals surface area contributed by atoms with E-state index in [9.17, 15) is 9.18 Å².